The summed E-state index contributed by atoms with van der Waals surface area (Å²) in [6.45, 7) is 1.88. The van der Waals surface area contributed by atoms with Crippen LogP contribution in [0.15, 0.2) is 47.3 Å². The van der Waals surface area contributed by atoms with Crippen molar-refractivity contribution in [3.8, 4) is 11.3 Å². The molecular weight excluding hydrogens is 381 g/mol. The van der Waals surface area contributed by atoms with Crippen LogP contribution in [0.3, 0.4) is 0 Å². The Morgan fingerprint density at radius 3 is 2.74 bits per heavy atom. The highest BCUT2D eigenvalue weighted by atomic mass is 35.5. The van der Waals surface area contributed by atoms with Gasteiger partial charge in [0.25, 0.3) is 5.56 Å². The summed E-state index contributed by atoms with van der Waals surface area (Å²) < 4.78 is 1.59. The Morgan fingerprint density at radius 2 is 1.96 bits per heavy atom. The highest BCUT2D eigenvalue weighted by molar-refractivity contribution is 6.36. The molecule has 3 aromatic rings. The van der Waals surface area contributed by atoms with Crippen LogP contribution in [-0.2, 0) is 13.5 Å². The van der Waals surface area contributed by atoms with Crippen LogP contribution >= 0.6 is 23.2 Å². The fourth-order valence-corrected chi connectivity index (χ4v) is 4.01. The number of anilines is 1. The van der Waals surface area contributed by atoms with E-state index in [0.29, 0.717) is 27.1 Å². The van der Waals surface area contributed by atoms with E-state index >= 15 is 0 Å². The SMILES string of the molecule is Cc1nc(-c2ccc(Cl)cc2Cl)c(=O)n(C)c1N[C@@H]1[CH]Cc2ccccc21. The first-order chi connectivity index (χ1) is 13.0. The lowest BCUT2D eigenvalue weighted by atomic mass is 10.1. The summed E-state index contributed by atoms with van der Waals surface area (Å²) in [5.41, 5.74) is 3.95. The molecule has 1 N–H and O–H groups in total. The van der Waals surface area contributed by atoms with Gasteiger partial charge in [0.1, 0.15) is 11.5 Å². The number of aryl methyl sites for hydroxylation is 1. The second kappa shape index (κ2) is 7.02. The van der Waals surface area contributed by atoms with Gasteiger partial charge in [0.2, 0.25) is 0 Å². The molecule has 0 aliphatic heterocycles. The smallest absolute Gasteiger partial charge is 0.278 e. The van der Waals surface area contributed by atoms with Crippen LogP contribution in [0.5, 0.6) is 0 Å². The molecule has 27 heavy (non-hydrogen) atoms. The number of fused-ring (bicyclic) bond motifs is 1. The van der Waals surface area contributed by atoms with Gasteiger partial charge in [0.15, 0.2) is 0 Å². The molecule has 4 rings (SSSR count). The van der Waals surface area contributed by atoms with Gasteiger partial charge in [-0.1, -0.05) is 47.5 Å². The first-order valence-electron chi connectivity index (χ1n) is 8.66. The van der Waals surface area contributed by atoms with Crippen molar-refractivity contribution in [3.05, 3.63) is 86.1 Å². The van der Waals surface area contributed by atoms with Gasteiger partial charge in [-0.3, -0.25) is 9.36 Å². The molecule has 1 aromatic heterocycles. The van der Waals surface area contributed by atoms with E-state index in [0.717, 1.165) is 12.1 Å². The molecule has 4 nitrogen and oxygen atoms in total. The molecule has 2 aromatic carbocycles. The normalized spacial score (nSPS) is 15.6. The number of aromatic nitrogens is 2. The molecule has 0 amide bonds. The quantitative estimate of drug-likeness (QED) is 0.676. The molecule has 137 valence electrons. The zero-order valence-electron chi connectivity index (χ0n) is 15.0. The molecule has 6 heteroatoms. The molecule has 0 fully saturated rings. The minimum absolute atomic E-state index is 0.0530. The van der Waals surface area contributed by atoms with Gasteiger partial charge >= 0.3 is 0 Å². The number of halogens is 2. The Kier molecular flexibility index (Phi) is 4.70. The van der Waals surface area contributed by atoms with E-state index in [2.05, 4.69) is 28.9 Å². The maximum absolute atomic E-state index is 13.0. The van der Waals surface area contributed by atoms with Gasteiger partial charge in [-0.15, -0.1) is 0 Å². The predicted octanol–water partition coefficient (Wildman–Crippen LogP) is 4.98. The maximum atomic E-state index is 13.0. The number of hydrogen-bond acceptors (Lipinski definition) is 3. The summed E-state index contributed by atoms with van der Waals surface area (Å²) in [4.78, 5) is 17.5. The maximum Gasteiger partial charge on any atom is 0.278 e. The minimum Gasteiger partial charge on any atom is -0.363 e. The second-order valence-electron chi connectivity index (χ2n) is 6.64. The molecular formula is C21H18Cl2N3O. The molecule has 1 aliphatic rings. The van der Waals surface area contributed by atoms with Crippen LogP contribution in [0, 0.1) is 13.3 Å². The van der Waals surface area contributed by atoms with E-state index in [1.54, 1.807) is 29.8 Å². The van der Waals surface area contributed by atoms with Crippen LogP contribution in [0.4, 0.5) is 5.82 Å². The van der Waals surface area contributed by atoms with Crippen molar-refractivity contribution in [2.24, 2.45) is 7.05 Å². The average molecular weight is 399 g/mol. The van der Waals surface area contributed by atoms with E-state index in [9.17, 15) is 4.79 Å². The lowest BCUT2D eigenvalue weighted by molar-refractivity contribution is 0.803. The van der Waals surface area contributed by atoms with Gasteiger partial charge in [-0.25, -0.2) is 4.98 Å². The van der Waals surface area contributed by atoms with E-state index in [4.69, 9.17) is 23.2 Å². The zero-order chi connectivity index (χ0) is 19.1. The molecule has 0 saturated carbocycles. The first kappa shape index (κ1) is 18.1. The van der Waals surface area contributed by atoms with Crippen molar-refractivity contribution < 1.29 is 0 Å². The first-order valence-corrected chi connectivity index (χ1v) is 9.42. The molecule has 0 bridgehead atoms. The summed E-state index contributed by atoms with van der Waals surface area (Å²) in [6.07, 6.45) is 3.12. The molecule has 0 unspecified atom stereocenters. The third kappa shape index (κ3) is 3.24. The van der Waals surface area contributed by atoms with Gasteiger partial charge in [-0.05, 0) is 49.1 Å². The van der Waals surface area contributed by atoms with Gasteiger partial charge in [-0.2, -0.15) is 0 Å². The third-order valence-corrected chi connectivity index (χ3v) is 5.45. The lowest BCUT2D eigenvalue weighted by Gasteiger charge is -2.20. The van der Waals surface area contributed by atoms with Crippen LogP contribution < -0.4 is 10.9 Å². The Labute approximate surface area is 167 Å². The van der Waals surface area contributed by atoms with Crippen molar-refractivity contribution >= 4 is 29.0 Å². The summed E-state index contributed by atoms with van der Waals surface area (Å²) >= 11 is 12.2. The molecule has 1 atom stereocenters. The number of rotatable bonds is 3. The number of hydrogen-bond donors (Lipinski definition) is 1. The highest BCUT2D eigenvalue weighted by Crippen LogP contribution is 2.34. The molecule has 1 radical (unpaired) electrons. The number of nitrogens with zero attached hydrogens (tertiary/aromatic N) is 2. The van der Waals surface area contributed by atoms with Crippen molar-refractivity contribution in [3.63, 3.8) is 0 Å². The van der Waals surface area contributed by atoms with E-state index in [1.807, 2.05) is 19.1 Å². The third-order valence-electron chi connectivity index (χ3n) is 4.91. The second-order valence-corrected chi connectivity index (χ2v) is 7.49. The van der Waals surface area contributed by atoms with E-state index in [-0.39, 0.29) is 11.6 Å². The van der Waals surface area contributed by atoms with Gasteiger partial charge in [0.05, 0.1) is 16.8 Å². The largest absolute Gasteiger partial charge is 0.363 e. The summed E-state index contributed by atoms with van der Waals surface area (Å²) in [5.74, 6) is 0.701. The Bertz CT molecular complexity index is 1090. The fourth-order valence-electron chi connectivity index (χ4n) is 3.51. The minimum atomic E-state index is -0.210. The Hall–Kier alpha value is -2.30. The van der Waals surface area contributed by atoms with E-state index in [1.165, 1.54) is 11.1 Å². The average Bonchev–Trinajstić information content (AvgIpc) is 3.05. The van der Waals surface area contributed by atoms with E-state index < -0.39 is 0 Å². The topological polar surface area (TPSA) is 46.9 Å². The standard InChI is InChI=1S/C21H18Cl2N3O/c1-12-20(25-18-10-7-13-5-3-4-6-15(13)18)26(2)21(27)19(24-12)16-9-8-14(22)11-17(16)23/h3-6,8-11,18,25H,7H2,1-2H3/t18-/m1/s1. The summed E-state index contributed by atoms with van der Waals surface area (Å²) in [5, 5.41) is 4.39. The van der Waals surface area contributed by atoms with Crippen LogP contribution in [0.25, 0.3) is 11.3 Å². The number of benzene rings is 2. The monoisotopic (exact) mass is 398 g/mol. The van der Waals surface area contributed by atoms with Crippen molar-refractivity contribution in [1.29, 1.82) is 0 Å². The molecule has 1 aliphatic carbocycles. The zero-order valence-corrected chi connectivity index (χ0v) is 16.5. The van der Waals surface area contributed by atoms with Crippen LogP contribution in [-0.4, -0.2) is 9.55 Å². The number of nitrogens with one attached hydrogen (secondary N) is 1. The highest BCUT2D eigenvalue weighted by Gasteiger charge is 2.24. The Balaban J connectivity index is 1.74. The van der Waals surface area contributed by atoms with Gasteiger partial charge in [0, 0.05) is 17.6 Å². The van der Waals surface area contributed by atoms with Crippen molar-refractivity contribution in [2.45, 2.75) is 19.4 Å². The van der Waals surface area contributed by atoms with Gasteiger partial charge < -0.3 is 5.32 Å². The van der Waals surface area contributed by atoms with Crippen LogP contribution in [0.1, 0.15) is 22.9 Å². The summed E-state index contributed by atoms with van der Waals surface area (Å²) in [6, 6.07) is 13.4. The van der Waals surface area contributed by atoms with Crippen LogP contribution in [0.2, 0.25) is 10.0 Å². The van der Waals surface area contributed by atoms with Crippen molar-refractivity contribution in [2.75, 3.05) is 5.32 Å². The predicted molar refractivity (Wildman–Crippen MR) is 110 cm³/mol. The lowest BCUT2D eigenvalue weighted by Crippen LogP contribution is -2.26. The molecule has 0 saturated heterocycles. The van der Waals surface area contributed by atoms with Crippen molar-refractivity contribution in [1.82, 2.24) is 9.55 Å². The summed E-state index contributed by atoms with van der Waals surface area (Å²) in [7, 11) is 1.74. The molecule has 1 heterocycles. The fraction of sp³-hybridized carbons (Fsp3) is 0.190. The molecule has 0 spiro atoms. The Morgan fingerprint density at radius 1 is 1.19 bits per heavy atom.